The number of carbonyl (C=O) groups is 2. The van der Waals surface area contributed by atoms with E-state index in [1.54, 1.807) is 0 Å². The standard InChI is InChI=1S/C12H11N3O3S2/c16-5-13-6-1-2-7-9(3-6)20-11(14-7)10-15-8(4-19-10)12(17)18/h1-2,5-6,8H,3-4H2,(H,13,16)(H,17,18)/t6?,8-/m1/s1. The van der Waals surface area contributed by atoms with Gasteiger partial charge in [-0.15, -0.1) is 23.1 Å². The lowest BCUT2D eigenvalue weighted by Crippen LogP contribution is -2.29. The molecule has 0 bridgehead atoms. The summed E-state index contributed by atoms with van der Waals surface area (Å²) < 4.78 is 0. The number of nitrogens with one attached hydrogen (secondary N) is 1. The number of hydrogen-bond donors (Lipinski definition) is 2. The fourth-order valence-electron chi connectivity index (χ4n) is 2.03. The number of carboxylic acid groups (broad SMARTS) is 1. The molecule has 2 atom stereocenters. The van der Waals surface area contributed by atoms with Gasteiger partial charge >= 0.3 is 5.97 Å². The molecule has 0 aromatic carbocycles. The molecule has 104 valence electrons. The second kappa shape index (κ2) is 5.37. The summed E-state index contributed by atoms with van der Waals surface area (Å²) >= 11 is 2.94. The number of carboxylic acids is 1. The smallest absolute Gasteiger partial charge is 0.329 e. The molecule has 8 heteroatoms. The van der Waals surface area contributed by atoms with Gasteiger partial charge in [0.1, 0.15) is 10.1 Å². The van der Waals surface area contributed by atoms with Crippen molar-refractivity contribution >= 4 is 46.6 Å². The minimum atomic E-state index is -0.899. The molecule has 2 N–H and O–H groups in total. The zero-order valence-corrected chi connectivity index (χ0v) is 11.9. The quantitative estimate of drug-likeness (QED) is 0.802. The fraction of sp³-hybridized carbons (Fsp3) is 0.333. The molecule has 6 nitrogen and oxygen atoms in total. The summed E-state index contributed by atoms with van der Waals surface area (Å²) in [5.74, 6) is -0.441. The number of aromatic nitrogens is 1. The van der Waals surface area contributed by atoms with Gasteiger partial charge in [-0.2, -0.15) is 0 Å². The maximum Gasteiger partial charge on any atom is 0.329 e. The van der Waals surface area contributed by atoms with Crippen molar-refractivity contribution in [3.63, 3.8) is 0 Å². The van der Waals surface area contributed by atoms with Gasteiger partial charge in [-0.05, 0) is 6.08 Å². The average Bonchev–Trinajstić information content (AvgIpc) is 3.05. The number of rotatable bonds is 4. The first-order chi connectivity index (χ1) is 9.67. The molecule has 0 spiro atoms. The van der Waals surface area contributed by atoms with Crippen LogP contribution < -0.4 is 5.32 Å². The van der Waals surface area contributed by atoms with Crippen LogP contribution in [0.3, 0.4) is 0 Å². The van der Waals surface area contributed by atoms with Gasteiger partial charge in [-0.3, -0.25) is 9.79 Å². The Kier molecular flexibility index (Phi) is 3.58. The molecule has 0 saturated heterocycles. The third-order valence-corrected chi connectivity index (χ3v) is 5.30. The fourth-order valence-corrected chi connectivity index (χ4v) is 4.23. The Balaban J connectivity index is 1.82. The van der Waals surface area contributed by atoms with Crippen molar-refractivity contribution in [1.82, 2.24) is 10.3 Å². The van der Waals surface area contributed by atoms with Crippen molar-refractivity contribution in [1.29, 1.82) is 0 Å². The summed E-state index contributed by atoms with van der Waals surface area (Å²) in [5.41, 5.74) is 0.885. The lowest BCUT2D eigenvalue weighted by atomic mass is 10.1. The summed E-state index contributed by atoms with van der Waals surface area (Å²) in [6.07, 6.45) is 5.19. The monoisotopic (exact) mass is 309 g/mol. The average molecular weight is 309 g/mol. The first-order valence-electron chi connectivity index (χ1n) is 5.98. The second-order valence-corrected chi connectivity index (χ2v) is 6.47. The van der Waals surface area contributed by atoms with E-state index in [2.05, 4.69) is 15.3 Å². The molecule has 2 heterocycles. The number of hydrogen-bond acceptors (Lipinski definition) is 6. The van der Waals surface area contributed by atoms with Gasteiger partial charge in [0.05, 0.1) is 11.7 Å². The van der Waals surface area contributed by atoms with Crippen molar-refractivity contribution in [2.45, 2.75) is 18.5 Å². The lowest BCUT2D eigenvalue weighted by Gasteiger charge is -2.14. The van der Waals surface area contributed by atoms with Crippen LogP contribution in [-0.4, -0.2) is 45.4 Å². The Labute approximate surface area is 123 Å². The van der Waals surface area contributed by atoms with Crippen LogP contribution in [0.4, 0.5) is 0 Å². The predicted octanol–water partition coefficient (Wildman–Crippen LogP) is 0.774. The number of thioether (sulfide) groups is 1. The summed E-state index contributed by atoms with van der Waals surface area (Å²) in [6, 6.07) is -0.672. The van der Waals surface area contributed by atoms with E-state index in [1.165, 1.54) is 23.1 Å². The van der Waals surface area contributed by atoms with Crippen molar-refractivity contribution in [3.05, 3.63) is 21.7 Å². The lowest BCUT2D eigenvalue weighted by molar-refractivity contribution is -0.137. The van der Waals surface area contributed by atoms with E-state index >= 15 is 0 Å². The summed E-state index contributed by atoms with van der Waals surface area (Å²) in [7, 11) is 0. The summed E-state index contributed by atoms with van der Waals surface area (Å²) in [6.45, 7) is 0. The van der Waals surface area contributed by atoms with Gasteiger partial charge in [0.2, 0.25) is 6.41 Å². The van der Waals surface area contributed by atoms with Gasteiger partial charge < -0.3 is 10.4 Å². The number of aliphatic carboxylic acids is 1. The number of thiazole rings is 1. The first-order valence-corrected chi connectivity index (χ1v) is 7.79. The molecule has 0 fully saturated rings. The number of nitrogens with zero attached hydrogens (tertiary/aromatic N) is 2. The second-order valence-electron chi connectivity index (χ2n) is 4.38. The van der Waals surface area contributed by atoms with Gasteiger partial charge in [0.25, 0.3) is 0 Å². The minimum Gasteiger partial charge on any atom is -0.480 e. The van der Waals surface area contributed by atoms with Gasteiger partial charge in [-0.25, -0.2) is 9.78 Å². The first kappa shape index (κ1) is 13.3. The Morgan fingerprint density at radius 2 is 2.40 bits per heavy atom. The Hall–Kier alpha value is -1.67. The zero-order valence-electron chi connectivity index (χ0n) is 10.3. The van der Waals surface area contributed by atoms with E-state index in [9.17, 15) is 9.59 Å². The van der Waals surface area contributed by atoms with Gasteiger partial charge in [0.15, 0.2) is 6.04 Å². The van der Waals surface area contributed by atoms with Crippen molar-refractivity contribution in [3.8, 4) is 0 Å². The third kappa shape index (κ3) is 2.48. The number of aliphatic imine (C=N–C) groups is 1. The molecule has 0 saturated carbocycles. The van der Waals surface area contributed by atoms with Crippen LogP contribution in [0.2, 0.25) is 0 Å². The van der Waals surface area contributed by atoms with E-state index in [1.807, 2.05) is 12.2 Å². The molecule has 1 unspecified atom stereocenters. The Bertz CT molecular complexity index is 623. The molecular formula is C12H11N3O3S2. The zero-order chi connectivity index (χ0) is 14.1. The van der Waals surface area contributed by atoms with E-state index in [0.717, 1.165) is 15.6 Å². The molecule has 3 rings (SSSR count). The van der Waals surface area contributed by atoms with Crippen LogP contribution >= 0.6 is 23.1 Å². The highest BCUT2D eigenvalue weighted by Gasteiger charge is 2.28. The van der Waals surface area contributed by atoms with E-state index in [0.29, 0.717) is 23.6 Å². The van der Waals surface area contributed by atoms with Crippen LogP contribution in [0.5, 0.6) is 0 Å². The van der Waals surface area contributed by atoms with Crippen LogP contribution in [0, 0.1) is 0 Å². The van der Waals surface area contributed by atoms with Crippen molar-refractivity contribution in [2.24, 2.45) is 4.99 Å². The highest BCUT2D eigenvalue weighted by atomic mass is 32.2. The van der Waals surface area contributed by atoms with Crippen molar-refractivity contribution in [2.75, 3.05) is 5.75 Å². The minimum absolute atomic E-state index is 0.00163. The molecule has 1 aliphatic heterocycles. The SMILES string of the molecule is O=CNC1C=Cc2nc(C3=N[C@@H](C(=O)O)CS3)sc2C1. The highest BCUT2D eigenvalue weighted by molar-refractivity contribution is 8.15. The molecule has 1 amide bonds. The van der Waals surface area contributed by atoms with Crippen molar-refractivity contribution < 1.29 is 14.7 Å². The maximum atomic E-state index is 10.9. The van der Waals surface area contributed by atoms with Gasteiger partial charge in [-0.1, -0.05) is 6.08 Å². The summed E-state index contributed by atoms with van der Waals surface area (Å²) in [4.78, 5) is 31.1. The number of carbonyl (C=O) groups excluding carboxylic acids is 1. The third-order valence-electron chi connectivity index (χ3n) is 3.02. The normalized spacial score (nSPS) is 24.1. The molecule has 20 heavy (non-hydrogen) atoms. The molecular weight excluding hydrogens is 298 g/mol. The Morgan fingerprint density at radius 1 is 1.55 bits per heavy atom. The molecule has 1 aromatic heterocycles. The number of amides is 1. The van der Waals surface area contributed by atoms with Gasteiger partial charge in [0, 0.05) is 17.1 Å². The maximum absolute atomic E-state index is 10.9. The molecule has 0 radical (unpaired) electrons. The molecule has 1 aliphatic carbocycles. The van der Waals surface area contributed by atoms with E-state index in [-0.39, 0.29) is 6.04 Å². The largest absolute Gasteiger partial charge is 0.480 e. The van der Waals surface area contributed by atoms with Crippen LogP contribution in [0.25, 0.3) is 6.08 Å². The Morgan fingerprint density at radius 3 is 3.10 bits per heavy atom. The molecule has 1 aromatic rings. The van der Waals surface area contributed by atoms with E-state index in [4.69, 9.17) is 5.11 Å². The number of fused-ring (bicyclic) bond motifs is 1. The topological polar surface area (TPSA) is 91.7 Å². The van der Waals surface area contributed by atoms with E-state index < -0.39 is 12.0 Å². The van der Waals surface area contributed by atoms with Crippen LogP contribution in [-0.2, 0) is 16.0 Å². The summed E-state index contributed by atoms with van der Waals surface area (Å²) in [5, 5.41) is 13.1. The van der Waals surface area contributed by atoms with Crippen LogP contribution in [0.1, 0.15) is 15.6 Å². The molecule has 2 aliphatic rings. The predicted molar refractivity (Wildman–Crippen MR) is 78.3 cm³/mol. The highest BCUT2D eigenvalue weighted by Crippen LogP contribution is 2.31. The van der Waals surface area contributed by atoms with Crippen LogP contribution in [0.15, 0.2) is 11.1 Å².